The van der Waals surface area contributed by atoms with Crippen molar-refractivity contribution in [3.05, 3.63) is 35.4 Å². The van der Waals surface area contributed by atoms with Crippen molar-refractivity contribution in [3.8, 4) is 0 Å². The van der Waals surface area contributed by atoms with E-state index in [0.717, 1.165) is 6.07 Å². The van der Waals surface area contributed by atoms with Crippen molar-refractivity contribution in [2.24, 2.45) is 5.41 Å². The number of carbonyl (C=O) groups excluding carboxylic acids is 1. The first kappa shape index (κ1) is 16.6. The summed E-state index contributed by atoms with van der Waals surface area (Å²) >= 11 is 0. The Hall–Kier alpha value is -1.49. The lowest BCUT2D eigenvalue weighted by Gasteiger charge is -2.32. The highest BCUT2D eigenvalue weighted by Crippen LogP contribution is 2.34. The molecule has 5 heteroatoms. The molecule has 0 heterocycles. The van der Waals surface area contributed by atoms with Gasteiger partial charge in [-0.1, -0.05) is 26.8 Å². The third kappa shape index (κ3) is 4.56. The summed E-state index contributed by atoms with van der Waals surface area (Å²) in [5.41, 5.74) is -0.0785. The zero-order valence-corrected chi connectivity index (χ0v) is 12.4. The Morgan fingerprint density at radius 3 is 2.45 bits per heavy atom. The van der Waals surface area contributed by atoms with Gasteiger partial charge in [0.2, 0.25) is 5.91 Å². The zero-order chi connectivity index (χ0) is 15.3. The van der Waals surface area contributed by atoms with Gasteiger partial charge in [0.15, 0.2) is 0 Å². The van der Waals surface area contributed by atoms with Crippen molar-refractivity contribution >= 4 is 5.91 Å². The molecule has 1 aromatic carbocycles. The van der Waals surface area contributed by atoms with Crippen LogP contribution in [0.4, 0.5) is 8.78 Å². The van der Waals surface area contributed by atoms with Crippen LogP contribution in [0.1, 0.15) is 38.8 Å². The van der Waals surface area contributed by atoms with Crippen LogP contribution in [0.15, 0.2) is 18.2 Å². The number of benzene rings is 1. The molecule has 0 fully saturated rings. The average molecular weight is 284 g/mol. The number of nitrogens with one attached hydrogen (secondary N) is 2. The average Bonchev–Trinajstić information content (AvgIpc) is 2.33. The molecule has 20 heavy (non-hydrogen) atoms. The highest BCUT2D eigenvalue weighted by Gasteiger charge is 2.30. The second-order valence-corrected chi connectivity index (χ2v) is 5.89. The quantitative estimate of drug-likeness (QED) is 0.873. The summed E-state index contributed by atoms with van der Waals surface area (Å²) in [5, 5.41) is 5.71. The number of carbonyl (C=O) groups is 1. The third-order valence-electron chi connectivity index (χ3n) is 3.05. The van der Waals surface area contributed by atoms with E-state index in [1.165, 1.54) is 12.1 Å². The van der Waals surface area contributed by atoms with E-state index in [4.69, 9.17) is 0 Å². The molecule has 0 radical (unpaired) electrons. The molecule has 0 aliphatic carbocycles. The standard InChI is InChI=1S/C15H22F2N2O/c1-15(2,3)14(19-13(20)7-8-18-4)11-6-5-10(16)9-12(11)17/h5-6,9,14,18H,7-8H2,1-4H3,(H,19,20). The zero-order valence-electron chi connectivity index (χ0n) is 12.4. The molecule has 1 atom stereocenters. The van der Waals surface area contributed by atoms with Gasteiger partial charge in [0, 0.05) is 24.6 Å². The summed E-state index contributed by atoms with van der Waals surface area (Å²) < 4.78 is 26.9. The minimum atomic E-state index is -0.640. The maximum atomic E-state index is 13.9. The number of halogens is 2. The minimum absolute atomic E-state index is 0.164. The molecule has 1 rings (SSSR count). The molecule has 112 valence electrons. The van der Waals surface area contributed by atoms with Crippen molar-refractivity contribution in [1.29, 1.82) is 0 Å². The van der Waals surface area contributed by atoms with Crippen molar-refractivity contribution in [2.45, 2.75) is 33.2 Å². The van der Waals surface area contributed by atoms with Crippen LogP contribution in [-0.4, -0.2) is 19.5 Å². The molecule has 1 amide bonds. The molecule has 1 aromatic rings. The molecule has 0 saturated heterocycles. The van der Waals surface area contributed by atoms with Gasteiger partial charge in [0.05, 0.1) is 6.04 Å². The van der Waals surface area contributed by atoms with Crippen LogP contribution >= 0.6 is 0 Å². The molecule has 3 nitrogen and oxygen atoms in total. The van der Waals surface area contributed by atoms with Gasteiger partial charge in [-0.2, -0.15) is 0 Å². The summed E-state index contributed by atoms with van der Waals surface area (Å²) in [5.74, 6) is -1.43. The van der Waals surface area contributed by atoms with Gasteiger partial charge >= 0.3 is 0 Å². The van der Waals surface area contributed by atoms with E-state index in [1.54, 1.807) is 7.05 Å². The first-order valence-electron chi connectivity index (χ1n) is 6.64. The fraction of sp³-hybridized carbons (Fsp3) is 0.533. The first-order chi connectivity index (χ1) is 9.25. The Morgan fingerprint density at radius 1 is 1.30 bits per heavy atom. The molecule has 0 saturated carbocycles. The lowest BCUT2D eigenvalue weighted by molar-refractivity contribution is -0.122. The number of amides is 1. The smallest absolute Gasteiger partial charge is 0.221 e. The number of hydrogen-bond acceptors (Lipinski definition) is 2. The molecule has 0 aromatic heterocycles. The van der Waals surface area contributed by atoms with E-state index in [-0.39, 0.29) is 11.3 Å². The summed E-state index contributed by atoms with van der Waals surface area (Å²) in [6.45, 7) is 6.25. The van der Waals surface area contributed by atoms with Crippen molar-refractivity contribution in [1.82, 2.24) is 10.6 Å². The van der Waals surface area contributed by atoms with E-state index >= 15 is 0 Å². The summed E-state index contributed by atoms with van der Waals surface area (Å²) in [7, 11) is 1.76. The third-order valence-corrected chi connectivity index (χ3v) is 3.05. The van der Waals surface area contributed by atoms with Crippen molar-refractivity contribution < 1.29 is 13.6 Å². The lowest BCUT2D eigenvalue weighted by Crippen LogP contribution is -2.38. The fourth-order valence-corrected chi connectivity index (χ4v) is 1.97. The van der Waals surface area contributed by atoms with E-state index < -0.39 is 17.7 Å². The second-order valence-electron chi connectivity index (χ2n) is 5.89. The van der Waals surface area contributed by atoms with Crippen LogP contribution in [0.2, 0.25) is 0 Å². The highest BCUT2D eigenvalue weighted by atomic mass is 19.1. The molecule has 0 bridgehead atoms. The summed E-state index contributed by atoms with van der Waals surface area (Å²) in [4.78, 5) is 11.9. The summed E-state index contributed by atoms with van der Waals surface area (Å²) in [6, 6.07) is 2.93. The second kappa shape index (κ2) is 6.79. The first-order valence-corrected chi connectivity index (χ1v) is 6.64. The van der Waals surface area contributed by atoms with Gasteiger partial charge in [0.25, 0.3) is 0 Å². The van der Waals surface area contributed by atoms with Crippen LogP contribution in [-0.2, 0) is 4.79 Å². The normalized spacial score (nSPS) is 13.1. The number of rotatable bonds is 5. The van der Waals surface area contributed by atoms with Gasteiger partial charge in [-0.3, -0.25) is 4.79 Å². The maximum Gasteiger partial charge on any atom is 0.221 e. The minimum Gasteiger partial charge on any atom is -0.349 e. The lowest BCUT2D eigenvalue weighted by atomic mass is 9.82. The van der Waals surface area contributed by atoms with Crippen molar-refractivity contribution in [3.63, 3.8) is 0 Å². The molecule has 0 aliphatic heterocycles. The Morgan fingerprint density at radius 2 is 1.95 bits per heavy atom. The van der Waals surface area contributed by atoms with Crippen LogP contribution in [0.3, 0.4) is 0 Å². The predicted octanol–water partition coefficient (Wildman–Crippen LogP) is 2.78. The Bertz CT molecular complexity index is 469. The molecule has 2 N–H and O–H groups in total. The van der Waals surface area contributed by atoms with Gasteiger partial charge < -0.3 is 10.6 Å². The highest BCUT2D eigenvalue weighted by molar-refractivity contribution is 5.76. The topological polar surface area (TPSA) is 41.1 Å². The SMILES string of the molecule is CNCCC(=O)NC(c1ccc(F)cc1F)C(C)(C)C. The van der Waals surface area contributed by atoms with Crippen LogP contribution in [0.5, 0.6) is 0 Å². The molecular formula is C15H22F2N2O. The molecule has 1 unspecified atom stereocenters. The van der Waals surface area contributed by atoms with Crippen molar-refractivity contribution in [2.75, 3.05) is 13.6 Å². The predicted molar refractivity (Wildman–Crippen MR) is 75.2 cm³/mol. The van der Waals surface area contributed by atoms with Gasteiger partial charge in [-0.05, 0) is 18.5 Å². The van der Waals surface area contributed by atoms with E-state index in [0.29, 0.717) is 18.5 Å². The van der Waals surface area contributed by atoms with Gasteiger partial charge in [-0.25, -0.2) is 8.78 Å². The number of hydrogen-bond donors (Lipinski definition) is 2. The van der Waals surface area contributed by atoms with Gasteiger partial charge in [-0.15, -0.1) is 0 Å². The summed E-state index contributed by atoms with van der Waals surface area (Å²) in [6.07, 6.45) is 0.311. The van der Waals surface area contributed by atoms with E-state index in [2.05, 4.69) is 10.6 Å². The largest absolute Gasteiger partial charge is 0.349 e. The molecule has 0 aliphatic rings. The van der Waals surface area contributed by atoms with Crippen LogP contribution in [0.25, 0.3) is 0 Å². The van der Waals surface area contributed by atoms with E-state index in [9.17, 15) is 13.6 Å². The van der Waals surface area contributed by atoms with Crippen LogP contribution < -0.4 is 10.6 Å². The molecular weight excluding hydrogens is 262 g/mol. The Kier molecular flexibility index (Phi) is 5.62. The maximum absolute atomic E-state index is 13.9. The van der Waals surface area contributed by atoms with Crippen LogP contribution in [0, 0.1) is 17.0 Å². The van der Waals surface area contributed by atoms with E-state index in [1.807, 2.05) is 20.8 Å². The molecule has 0 spiro atoms. The Labute approximate surface area is 118 Å². The monoisotopic (exact) mass is 284 g/mol. The fourth-order valence-electron chi connectivity index (χ4n) is 1.97. The Balaban J connectivity index is 2.98. The van der Waals surface area contributed by atoms with Gasteiger partial charge in [0.1, 0.15) is 11.6 Å².